The van der Waals surface area contributed by atoms with Crippen molar-refractivity contribution in [2.75, 3.05) is 27.3 Å². The van der Waals surface area contributed by atoms with E-state index in [1.165, 1.54) is 18.8 Å². The fourth-order valence-electron chi connectivity index (χ4n) is 4.84. The molecule has 0 bridgehead atoms. The van der Waals surface area contributed by atoms with Gasteiger partial charge in [-0.15, -0.1) is 0 Å². The summed E-state index contributed by atoms with van der Waals surface area (Å²) in [7, 11) is 3.02. The third kappa shape index (κ3) is 4.36. The number of hydrogen-bond donors (Lipinski definition) is 1. The topological polar surface area (TPSA) is 93.9 Å². The van der Waals surface area contributed by atoms with Crippen molar-refractivity contribution in [3.8, 4) is 23.1 Å². The summed E-state index contributed by atoms with van der Waals surface area (Å²) in [5.41, 5.74) is 0.583. The monoisotopic (exact) mass is 475 g/mol. The molecule has 1 aromatic heterocycles. The Kier molecular flexibility index (Phi) is 6.19. The molecule has 2 fully saturated rings. The minimum Gasteiger partial charge on any atom is -0.494 e. The molecule has 1 aliphatic heterocycles. The lowest BCUT2D eigenvalue weighted by Crippen LogP contribution is -2.37. The van der Waals surface area contributed by atoms with Gasteiger partial charge in [0.15, 0.2) is 5.56 Å². The minimum absolute atomic E-state index is 0.181. The average molecular weight is 476 g/mol. The number of amides is 1. The number of para-hydroxylation sites is 1. The molecule has 1 saturated carbocycles. The number of nitrogens with zero attached hydrogens (tertiary/aromatic N) is 3. The Labute approximate surface area is 203 Å². The van der Waals surface area contributed by atoms with Crippen molar-refractivity contribution in [2.45, 2.75) is 31.6 Å². The first-order chi connectivity index (χ1) is 17.0. The molecule has 1 N–H and O–H groups in total. The van der Waals surface area contributed by atoms with Gasteiger partial charge in [0.05, 0.1) is 14.2 Å². The van der Waals surface area contributed by atoms with Crippen LogP contribution in [0.5, 0.6) is 17.4 Å². The molecule has 8 heteroatoms. The van der Waals surface area contributed by atoms with Crippen LogP contribution in [-0.2, 0) is 6.42 Å². The number of benzene rings is 2. The maximum absolute atomic E-state index is 13.9. The van der Waals surface area contributed by atoms with Crippen molar-refractivity contribution in [1.82, 2.24) is 14.5 Å². The van der Waals surface area contributed by atoms with Gasteiger partial charge in [0.25, 0.3) is 11.5 Å². The zero-order valence-corrected chi connectivity index (χ0v) is 19.9. The van der Waals surface area contributed by atoms with Crippen molar-refractivity contribution in [2.24, 2.45) is 5.92 Å². The SMILES string of the molecule is COc1cccc(OC)c1-n1c(CC2CC2)nc(O)c(C(=O)N2CC[C@H](c3ccccc3)C2)c1=O. The highest BCUT2D eigenvalue weighted by Gasteiger charge is 2.34. The molecule has 5 rings (SSSR count). The van der Waals surface area contributed by atoms with Crippen molar-refractivity contribution >= 4 is 5.91 Å². The van der Waals surface area contributed by atoms with Crippen molar-refractivity contribution in [3.05, 3.63) is 75.8 Å². The van der Waals surface area contributed by atoms with Crippen molar-refractivity contribution in [3.63, 3.8) is 0 Å². The molecular weight excluding hydrogens is 446 g/mol. The van der Waals surface area contributed by atoms with E-state index < -0.39 is 17.3 Å². The van der Waals surface area contributed by atoms with Gasteiger partial charge in [-0.3, -0.25) is 14.2 Å². The summed E-state index contributed by atoms with van der Waals surface area (Å²) >= 11 is 0. The lowest BCUT2D eigenvalue weighted by Gasteiger charge is -2.21. The van der Waals surface area contributed by atoms with Crippen LogP contribution in [0.25, 0.3) is 5.69 Å². The Bertz CT molecular complexity index is 1280. The van der Waals surface area contributed by atoms with E-state index in [4.69, 9.17) is 9.47 Å². The quantitative estimate of drug-likeness (QED) is 0.562. The smallest absolute Gasteiger partial charge is 0.275 e. The fraction of sp³-hybridized carbons (Fsp3) is 0.370. The standard InChI is InChI=1S/C27H29N3O5/c1-34-20-9-6-10-21(35-2)24(20)30-22(15-17-11-12-17)28-25(31)23(27(30)33)26(32)29-14-13-19(16-29)18-7-4-3-5-8-18/h3-10,17,19,31H,11-16H2,1-2H3/t19-/m0/s1. The minimum atomic E-state index is -0.621. The largest absolute Gasteiger partial charge is 0.494 e. The number of rotatable bonds is 7. The Morgan fingerprint density at radius 1 is 1.03 bits per heavy atom. The number of carbonyl (C=O) groups is 1. The zero-order valence-electron chi connectivity index (χ0n) is 19.9. The van der Waals surface area contributed by atoms with Gasteiger partial charge in [-0.1, -0.05) is 36.4 Å². The van der Waals surface area contributed by atoms with E-state index in [0.29, 0.717) is 48.4 Å². The molecule has 8 nitrogen and oxygen atoms in total. The molecule has 182 valence electrons. The first-order valence-electron chi connectivity index (χ1n) is 11.9. The van der Waals surface area contributed by atoms with E-state index in [0.717, 1.165) is 24.8 Å². The fourth-order valence-corrected chi connectivity index (χ4v) is 4.84. The molecule has 0 spiro atoms. The van der Waals surface area contributed by atoms with Crippen LogP contribution in [0.3, 0.4) is 0 Å². The molecule has 1 aliphatic carbocycles. The lowest BCUT2D eigenvalue weighted by molar-refractivity contribution is 0.0784. The number of hydrogen-bond acceptors (Lipinski definition) is 6. The van der Waals surface area contributed by atoms with Gasteiger partial charge in [-0.05, 0) is 42.9 Å². The molecule has 1 amide bonds. The van der Waals surface area contributed by atoms with Gasteiger partial charge in [-0.2, -0.15) is 4.98 Å². The maximum atomic E-state index is 13.9. The number of aromatic hydroxyl groups is 1. The summed E-state index contributed by atoms with van der Waals surface area (Å²) in [6, 6.07) is 15.2. The van der Waals surface area contributed by atoms with Gasteiger partial charge in [0.1, 0.15) is 23.0 Å². The second-order valence-corrected chi connectivity index (χ2v) is 9.17. The third-order valence-electron chi connectivity index (χ3n) is 6.89. The Balaban J connectivity index is 1.59. The van der Waals surface area contributed by atoms with E-state index in [1.54, 1.807) is 23.1 Å². The van der Waals surface area contributed by atoms with E-state index in [9.17, 15) is 14.7 Å². The van der Waals surface area contributed by atoms with Gasteiger partial charge in [0.2, 0.25) is 5.88 Å². The van der Waals surface area contributed by atoms with Crippen LogP contribution in [-0.4, -0.2) is 52.8 Å². The van der Waals surface area contributed by atoms with Crippen LogP contribution in [0.2, 0.25) is 0 Å². The maximum Gasteiger partial charge on any atom is 0.275 e. The first-order valence-corrected chi connectivity index (χ1v) is 11.9. The number of aromatic nitrogens is 2. The summed E-state index contributed by atoms with van der Waals surface area (Å²) in [5, 5.41) is 10.8. The van der Waals surface area contributed by atoms with Crippen LogP contribution in [0, 0.1) is 5.92 Å². The van der Waals surface area contributed by atoms with Crippen LogP contribution in [0.1, 0.15) is 46.9 Å². The normalized spacial score (nSPS) is 17.4. The highest BCUT2D eigenvalue weighted by Crippen LogP contribution is 2.37. The molecule has 3 aromatic rings. The predicted octanol–water partition coefficient (Wildman–Crippen LogP) is 3.54. The Morgan fingerprint density at radius 3 is 2.34 bits per heavy atom. The molecule has 1 atom stereocenters. The zero-order chi connectivity index (χ0) is 24.5. The van der Waals surface area contributed by atoms with Crippen molar-refractivity contribution in [1.29, 1.82) is 0 Å². The number of likely N-dealkylation sites (tertiary alicyclic amines) is 1. The molecule has 0 radical (unpaired) electrons. The number of carbonyl (C=O) groups excluding carboxylic acids is 1. The summed E-state index contributed by atoms with van der Waals surface area (Å²) in [6.07, 6.45) is 3.38. The second-order valence-electron chi connectivity index (χ2n) is 9.17. The summed E-state index contributed by atoms with van der Waals surface area (Å²) < 4.78 is 12.5. The molecule has 0 unspecified atom stereocenters. The first kappa shape index (κ1) is 23.0. The van der Waals surface area contributed by atoms with E-state index in [2.05, 4.69) is 4.98 Å². The third-order valence-corrected chi connectivity index (χ3v) is 6.89. The molecule has 1 saturated heterocycles. The van der Waals surface area contributed by atoms with Gasteiger partial charge >= 0.3 is 0 Å². The Morgan fingerprint density at radius 2 is 1.71 bits per heavy atom. The second kappa shape index (κ2) is 9.44. The van der Waals surface area contributed by atoms with E-state index in [-0.39, 0.29) is 11.5 Å². The summed E-state index contributed by atoms with van der Waals surface area (Å²) in [6.45, 7) is 0.975. The molecule has 2 heterocycles. The molecule has 2 aliphatic rings. The van der Waals surface area contributed by atoms with Crippen LogP contribution >= 0.6 is 0 Å². The highest BCUT2D eigenvalue weighted by molar-refractivity contribution is 5.96. The van der Waals surface area contributed by atoms with Crippen LogP contribution < -0.4 is 15.0 Å². The molecule has 35 heavy (non-hydrogen) atoms. The predicted molar refractivity (Wildman–Crippen MR) is 131 cm³/mol. The van der Waals surface area contributed by atoms with Gasteiger partial charge < -0.3 is 19.5 Å². The summed E-state index contributed by atoms with van der Waals surface area (Å²) in [4.78, 5) is 33.5. The van der Waals surface area contributed by atoms with Gasteiger partial charge in [0, 0.05) is 25.4 Å². The van der Waals surface area contributed by atoms with Crippen LogP contribution in [0.4, 0.5) is 0 Å². The van der Waals surface area contributed by atoms with Crippen molar-refractivity contribution < 1.29 is 19.4 Å². The highest BCUT2D eigenvalue weighted by atomic mass is 16.5. The van der Waals surface area contributed by atoms with Gasteiger partial charge in [-0.25, -0.2) is 0 Å². The Hall–Kier alpha value is -3.81. The average Bonchev–Trinajstić information content (AvgIpc) is 3.55. The van der Waals surface area contributed by atoms with E-state index >= 15 is 0 Å². The molecular formula is C27H29N3O5. The molecule has 2 aromatic carbocycles. The lowest BCUT2D eigenvalue weighted by atomic mass is 9.99. The van der Waals surface area contributed by atoms with E-state index in [1.807, 2.05) is 30.3 Å². The summed E-state index contributed by atoms with van der Waals surface area (Å²) in [5.74, 6) is 0.751. The number of ether oxygens (including phenoxy) is 2. The number of methoxy groups -OCH3 is 2. The van der Waals surface area contributed by atoms with Crippen LogP contribution in [0.15, 0.2) is 53.3 Å².